The SMILES string of the molecule is CCOc1cc2c(cc1OC)C(c1ccc(C(=O)Cl)cc1)=N[C@@H]1COC[C@H]21. The second kappa shape index (κ2) is 7.33. The number of carbonyl (C=O) groups excluding carboxylic acids is 1. The first-order chi connectivity index (χ1) is 13.1. The number of fused-ring (bicyclic) bond motifs is 3. The number of aliphatic imine (C=N–C) groups is 1. The minimum absolute atomic E-state index is 0.0738. The lowest BCUT2D eigenvalue weighted by Gasteiger charge is -2.27. The highest BCUT2D eigenvalue weighted by atomic mass is 35.5. The standard InChI is InChI=1S/C21H20ClNO4/c1-3-27-19-8-14-15(9-18(19)25-2)20(23-17-11-26-10-16(14)17)12-4-6-13(7-5-12)21(22)24/h4-9,16-17H,3,10-11H2,1-2H3/t16-,17-/m1/s1. The van der Waals surface area contributed by atoms with Gasteiger partial charge in [0, 0.05) is 22.6 Å². The van der Waals surface area contributed by atoms with Gasteiger partial charge in [0.25, 0.3) is 5.24 Å². The van der Waals surface area contributed by atoms with Gasteiger partial charge < -0.3 is 14.2 Å². The van der Waals surface area contributed by atoms with Crippen LogP contribution in [-0.2, 0) is 4.74 Å². The molecule has 0 aliphatic carbocycles. The molecule has 2 aliphatic rings. The van der Waals surface area contributed by atoms with Gasteiger partial charge in [-0.15, -0.1) is 0 Å². The van der Waals surface area contributed by atoms with Gasteiger partial charge in [0.2, 0.25) is 0 Å². The average Bonchev–Trinajstić information content (AvgIpc) is 3.16. The Morgan fingerprint density at radius 3 is 2.67 bits per heavy atom. The fourth-order valence-corrected chi connectivity index (χ4v) is 3.83. The highest BCUT2D eigenvalue weighted by Crippen LogP contribution is 2.41. The number of methoxy groups -OCH3 is 1. The molecule has 0 saturated carbocycles. The van der Waals surface area contributed by atoms with Gasteiger partial charge in [-0.05, 0) is 48.4 Å². The van der Waals surface area contributed by atoms with Gasteiger partial charge in [-0.25, -0.2) is 0 Å². The number of benzene rings is 2. The molecule has 27 heavy (non-hydrogen) atoms. The smallest absolute Gasteiger partial charge is 0.252 e. The third-order valence-corrected chi connectivity index (χ3v) is 5.24. The predicted molar refractivity (Wildman–Crippen MR) is 104 cm³/mol. The van der Waals surface area contributed by atoms with Gasteiger partial charge in [-0.1, -0.05) is 12.1 Å². The molecule has 1 fully saturated rings. The van der Waals surface area contributed by atoms with E-state index in [0.717, 1.165) is 28.2 Å². The van der Waals surface area contributed by atoms with Crippen LogP contribution in [0.2, 0.25) is 0 Å². The first kappa shape index (κ1) is 18.0. The molecule has 2 aromatic carbocycles. The first-order valence-corrected chi connectivity index (χ1v) is 9.31. The third-order valence-electron chi connectivity index (χ3n) is 5.02. The fraction of sp³-hybridized carbons (Fsp3) is 0.333. The van der Waals surface area contributed by atoms with E-state index in [-0.39, 0.29) is 12.0 Å². The van der Waals surface area contributed by atoms with Crippen molar-refractivity contribution in [3.05, 3.63) is 58.7 Å². The summed E-state index contributed by atoms with van der Waals surface area (Å²) in [5.74, 6) is 1.61. The van der Waals surface area contributed by atoms with Crippen LogP contribution in [0, 0.1) is 0 Å². The molecule has 0 aromatic heterocycles. The van der Waals surface area contributed by atoms with Crippen LogP contribution in [0.5, 0.6) is 11.5 Å². The van der Waals surface area contributed by atoms with Crippen molar-refractivity contribution in [1.82, 2.24) is 0 Å². The van der Waals surface area contributed by atoms with Crippen molar-refractivity contribution < 1.29 is 19.0 Å². The zero-order valence-corrected chi connectivity index (χ0v) is 16.0. The van der Waals surface area contributed by atoms with E-state index in [2.05, 4.69) is 6.07 Å². The van der Waals surface area contributed by atoms with Crippen LogP contribution >= 0.6 is 11.6 Å². The molecule has 0 N–H and O–H groups in total. The summed E-state index contributed by atoms with van der Waals surface area (Å²) < 4.78 is 17.0. The van der Waals surface area contributed by atoms with E-state index in [4.69, 9.17) is 30.8 Å². The molecule has 5 nitrogen and oxygen atoms in total. The van der Waals surface area contributed by atoms with Gasteiger partial charge in [0.05, 0.1) is 38.7 Å². The maximum absolute atomic E-state index is 11.4. The number of ether oxygens (including phenoxy) is 3. The van der Waals surface area contributed by atoms with Crippen LogP contribution < -0.4 is 9.47 Å². The number of nitrogens with zero attached hydrogens (tertiary/aromatic N) is 1. The molecule has 0 bridgehead atoms. The van der Waals surface area contributed by atoms with Crippen LogP contribution in [0.25, 0.3) is 0 Å². The molecule has 6 heteroatoms. The van der Waals surface area contributed by atoms with Gasteiger partial charge in [0.15, 0.2) is 11.5 Å². The van der Waals surface area contributed by atoms with E-state index in [1.807, 2.05) is 25.1 Å². The molecule has 0 radical (unpaired) electrons. The normalized spacial score (nSPS) is 20.5. The Kier molecular flexibility index (Phi) is 4.89. The van der Waals surface area contributed by atoms with Crippen molar-refractivity contribution in [2.45, 2.75) is 18.9 Å². The topological polar surface area (TPSA) is 57.1 Å². The Hall–Kier alpha value is -2.37. The molecule has 2 aliphatic heterocycles. The summed E-state index contributed by atoms with van der Waals surface area (Å²) in [7, 11) is 1.63. The Morgan fingerprint density at radius 1 is 1.22 bits per heavy atom. The lowest BCUT2D eigenvalue weighted by molar-refractivity contribution is 0.108. The highest BCUT2D eigenvalue weighted by molar-refractivity contribution is 6.67. The van der Waals surface area contributed by atoms with E-state index in [1.54, 1.807) is 19.2 Å². The second-order valence-corrected chi connectivity index (χ2v) is 6.91. The Morgan fingerprint density at radius 2 is 2.00 bits per heavy atom. The number of halogens is 1. The monoisotopic (exact) mass is 385 g/mol. The quantitative estimate of drug-likeness (QED) is 0.734. The van der Waals surface area contributed by atoms with Crippen molar-refractivity contribution in [2.24, 2.45) is 4.99 Å². The summed E-state index contributed by atoms with van der Waals surface area (Å²) in [6.45, 7) is 3.76. The maximum atomic E-state index is 11.4. The first-order valence-electron chi connectivity index (χ1n) is 8.93. The largest absolute Gasteiger partial charge is 0.493 e. The van der Waals surface area contributed by atoms with E-state index in [9.17, 15) is 4.79 Å². The summed E-state index contributed by atoms with van der Waals surface area (Å²) >= 11 is 5.57. The van der Waals surface area contributed by atoms with Gasteiger partial charge >= 0.3 is 0 Å². The van der Waals surface area contributed by atoms with Crippen molar-refractivity contribution in [3.63, 3.8) is 0 Å². The van der Waals surface area contributed by atoms with Crippen LogP contribution in [0.4, 0.5) is 0 Å². The van der Waals surface area contributed by atoms with Crippen LogP contribution in [0.3, 0.4) is 0 Å². The zero-order chi connectivity index (χ0) is 19.0. The minimum atomic E-state index is -0.472. The summed E-state index contributed by atoms with van der Waals surface area (Å²) in [5, 5.41) is -0.472. The average molecular weight is 386 g/mol. The lowest BCUT2D eigenvalue weighted by atomic mass is 9.83. The molecule has 0 amide bonds. The molecule has 2 aromatic rings. The molecule has 2 heterocycles. The van der Waals surface area contributed by atoms with Gasteiger partial charge in [0.1, 0.15) is 0 Å². The van der Waals surface area contributed by atoms with Crippen molar-refractivity contribution in [1.29, 1.82) is 0 Å². The van der Waals surface area contributed by atoms with Crippen LogP contribution in [0.1, 0.15) is 39.9 Å². The third kappa shape index (κ3) is 3.22. The Balaban J connectivity index is 1.85. The van der Waals surface area contributed by atoms with Gasteiger partial charge in [-0.3, -0.25) is 9.79 Å². The molecular formula is C21H20ClNO4. The fourth-order valence-electron chi connectivity index (χ4n) is 3.71. The van der Waals surface area contributed by atoms with Crippen molar-refractivity contribution >= 4 is 22.6 Å². The molecule has 4 rings (SSSR count). The number of hydrogen-bond acceptors (Lipinski definition) is 5. The molecule has 0 spiro atoms. The van der Waals surface area contributed by atoms with Crippen LogP contribution in [0.15, 0.2) is 41.4 Å². The Bertz CT molecular complexity index is 907. The maximum Gasteiger partial charge on any atom is 0.252 e. The number of carbonyl (C=O) groups is 1. The second-order valence-electron chi connectivity index (χ2n) is 6.56. The van der Waals surface area contributed by atoms with E-state index < -0.39 is 5.24 Å². The number of hydrogen-bond donors (Lipinski definition) is 0. The van der Waals surface area contributed by atoms with Crippen molar-refractivity contribution in [2.75, 3.05) is 26.9 Å². The minimum Gasteiger partial charge on any atom is -0.493 e. The molecule has 140 valence electrons. The molecule has 2 atom stereocenters. The van der Waals surface area contributed by atoms with E-state index >= 15 is 0 Å². The molecule has 1 saturated heterocycles. The van der Waals surface area contributed by atoms with E-state index in [1.165, 1.54) is 0 Å². The molecular weight excluding hydrogens is 366 g/mol. The molecule has 0 unspecified atom stereocenters. The summed E-state index contributed by atoms with van der Waals surface area (Å²) in [6, 6.07) is 11.3. The predicted octanol–water partition coefficient (Wildman–Crippen LogP) is 3.81. The van der Waals surface area contributed by atoms with Crippen molar-refractivity contribution in [3.8, 4) is 11.5 Å². The summed E-state index contributed by atoms with van der Waals surface area (Å²) in [6.07, 6.45) is 0. The zero-order valence-electron chi connectivity index (χ0n) is 15.2. The van der Waals surface area contributed by atoms with Crippen LogP contribution in [-0.4, -0.2) is 43.9 Å². The Labute approximate surface area is 162 Å². The van der Waals surface area contributed by atoms with E-state index in [0.29, 0.717) is 31.1 Å². The summed E-state index contributed by atoms with van der Waals surface area (Å²) in [5.41, 5.74) is 4.42. The number of rotatable bonds is 5. The highest BCUT2D eigenvalue weighted by Gasteiger charge is 2.37. The summed E-state index contributed by atoms with van der Waals surface area (Å²) in [4.78, 5) is 16.3. The lowest BCUT2D eigenvalue weighted by Crippen LogP contribution is -2.26. The van der Waals surface area contributed by atoms with Gasteiger partial charge in [-0.2, -0.15) is 0 Å².